The SMILES string of the molecule is Cc1nnc(SCc2ccc(C(N)=O)cc2)n1-c1ccccc1. The number of carbonyl (C=O) groups is 1. The van der Waals surface area contributed by atoms with Crippen LogP contribution < -0.4 is 5.73 Å². The maximum atomic E-state index is 11.1. The van der Waals surface area contributed by atoms with Gasteiger partial charge < -0.3 is 5.73 Å². The van der Waals surface area contributed by atoms with Gasteiger partial charge in [-0.1, -0.05) is 42.1 Å². The topological polar surface area (TPSA) is 73.8 Å². The minimum absolute atomic E-state index is 0.413. The lowest BCUT2D eigenvalue weighted by Gasteiger charge is -2.08. The lowest BCUT2D eigenvalue weighted by atomic mass is 10.1. The molecule has 0 bridgehead atoms. The van der Waals surface area contributed by atoms with Gasteiger partial charge in [-0.25, -0.2) is 0 Å². The summed E-state index contributed by atoms with van der Waals surface area (Å²) in [6.07, 6.45) is 0. The lowest BCUT2D eigenvalue weighted by Crippen LogP contribution is -2.10. The molecule has 0 saturated heterocycles. The third-order valence-electron chi connectivity index (χ3n) is 3.42. The van der Waals surface area contributed by atoms with Gasteiger partial charge in [0.15, 0.2) is 5.16 Å². The summed E-state index contributed by atoms with van der Waals surface area (Å²) >= 11 is 1.60. The van der Waals surface area contributed by atoms with Gasteiger partial charge in [-0.3, -0.25) is 9.36 Å². The third kappa shape index (κ3) is 3.43. The highest BCUT2D eigenvalue weighted by Gasteiger charge is 2.11. The molecule has 2 N–H and O–H groups in total. The Hall–Kier alpha value is -2.60. The molecule has 0 unspecified atom stereocenters. The molecular formula is C17H16N4OS. The normalized spacial score (nSPS) is 10.7. The monoisotopic (exact) mass is 324 g/mol. The molecule has 3 aromatic rings. The molecule has 6 heteroatoms. The van der Waals surface area contributed by atoms with E-state index in [-0.39, 0.29) is 0 Å². The number of nitrogens with zero attached hydrogens (tertiary/aromatic N) is 3. The quantitative estimate of drug-likeness (QED) is 0.732. The van der Waals surface area contributed by atoms with Gasteiger partial charge in [0.2, 0.25) is 5.91 Å². The molecule has 0 spiro atoms. The number of hydrogen-bond donors (Lipinski definition) is 1. The van der Waals surface area contributed by atoms with Crippen LogP contribution in [0.2, 0.25) is 0 Å². The molecule has 1 heterocycles. The molecule has 3 rings (SSSR count). The highest BCUT2D eigenvalue weighted by atomic mass is 32.2. The van der Waals surface area contributed by atoms with Gasteiger partial charge in [-0.05, 0) is 36.8 Å². The van der Waals surface area contributed by atoms with Crippen molar-refractivity contribution in [3.8, 4) is 5.69 Å². The highest BCUT2D eigenvalue weighted by molar-refractivity contribution is 7.98. The Bertz CT molecular complexity index is 812. The number of carbonyl (C=O) groups excluding carboxylic acids is 1. The number of primary amides is 1. The van der Waals surface area contributed by atoms with E-state index in [1.165, 1.54) is 0 Å². The molecule has 0 aliphatic heterocycles. The molecule has 1 amide bonds. The molecule has 5 nitrogen and oxygen atoms in total. The third-order valence-corrected chi connectivity index (χ3v) is 4.42. The van der Waals surface area contributed by atoms with E-state index in [1.54, 1.807) is 23.9 Å². The maximum absolute atomic E-state index is 11.1. The van der Waals surface area contributed by atoms with Gasteiger partial charge in [0.1, 0.15) is 5.82 Å². The number of benzene rings is 2. The van der Waals surface area contributed by atoms with Crippen LogP contribution in [0.4, 0.5) is 0 Å². The number of para-hydroxylation sites is 1. The Kier molecular flexibility index (Phi) is 4.43. The van der Waals surface area contributed by atoms with E-state index in [4.69, 9.17) is 5.73 Å². The summed E-state index contributed by atoms with van der Waals surface area (Å²) in [5.41, 5.74) is 7.91. The second-order valence-electron chi connectivity index (χ2n) is 5.05. The molecule has 116 valence electrons. The zero-order chi connectivity index (χ0) is 16.2. The van der Waals surface area contributed by atoms with Crippen LogP contribution in [0.15, 0.2) is 59.8 Å². The predicted molar refractivity (Wildman–Crippen MR) is 90.6 cm³/mol. The van der Waals surface area contributed by atoms with E-state index in [2.05, 4.69) is 10.2 Å². The largest absolute Gasteiger partial charge is 0.366 e. The van der Waals surface area contributed by atoms with Crippen molar-refractivity contribution in [1.29, 1.82) is 0 Å². The van der Waals surface area contributed by atoms with Gasteiger partial charge in [-0.2, -0.15) is 0 Å². The Morgan fingerprint density at radius 1 is 1.09 bits per heavy atom. The fourth-order valence-corrected chi connectivity index (χ4v) is 3.18. The summed E-state index contributed by atoms with van der Waals surface area (Å²) < 4.78 is 2.03. The van der Waals surface area contributed by atoms with Gasteiger partial charge in [0.25, 0.3) is 0 Å². The van der Waals surface area contributed by atoms with Crippen molar-refractivity contribution in [3.63, 3.8) is 0 Å². The van der Waals surface area contributed by atoms with Crippen LogP contribution in [0.3, 0.4) is 0 Å². The van der Waals surface area contributed by atoms with Gasteiger partial charge in [-0.15, -0.1) is 10.2 Å². The zero-order valence-corrected chi connectivity index (χ0v) is 13.5. The van der Waals surface area contributed by atoms with Crippen LogP contribution in [0.25, 0.3) is 5.69 Å². The molecule has 1 aromatic heterocycles. The summed E-state index contributed by atoms with van der Waals surface area (Å²) in [4.78, 5) is 11.1. The Morgan fingerprint density at radius 2 is 1.78 bits per heavy atom. The average molecular weight is 324 g/mol. The van der Waals surface area contributed by atoms with E-state index < -0.39 is 5.91 Å². The zero-order valence-electron chi connectivity index (χ0n) is 12.6. The number of hydrogen-bond acceptors (Lipinski definition) is 4. The number of rotatable bonds is 5. The summed E-state index contributed by atoms with van der Waals surface area (Å²) in [6.45, 7) is 1.94. The number of amides is 1. The number of thioether (sulfide) groups is 1. The first-order chi connectivity index (χ1) is 11.1. The standard InChI is InChI=1S/C17H16N4OS/c1-12-19-20-17(21(12)15-5-3-2-4-6-15)23-11-13-7-9-14(10-8-13)16(18)22/h2-10H,11H2,1H3,(H2,18,22). The minimum atomic E-state index is -0.413. The van der Waals surface area contributed by atoms with Crippen LogP contribution >= 0.6 is 11.8 Å². The van der Waals surface area contributed by atoms with Crippen molar-refractivity contribution in [2.45, 2.75) is 17.8 Å². The molecule has 0 saturated carbocycles. The van der Waals surface area contributed by atoms with Crippen LogP contribution in [-0.2, 0) is 5.75 Å². The average Bonchev–Trinajstić information content (AvgIpc) is 2.95. The Labute approximate surface area is 138 Å². The first kappa shape index (κ1) is 15.3. The van der Waals surface area contributed by atoms with E-state index in [9.17, 15) is 4.79 Å². The minimum Gasteiger partial charge on any atom is -0.366 e. The smallest absolute Gasteiger partial charge is 0.248 e. The molecule has 23 heavy (non-hydrogen) atoms. The Balaban J connectivity index is 1.78. The molecule has 2 aromatic carbocycles. The van der Waals surface area contributed by atoms with Crippen molar-refractivity contribution in [2.75, 3.05) is 0 Å². The first-order valence-corrected chi connectivity index (χ1v) is 8.12. The summed E-state index contributed by atoms with van der Waals surface area (Å²) in [7, 11) is 0. The van der Waals surface area contributed by atoms with Crippen LogP contribution in [0.1, 0.15) is 21.7 Å². The van der Waals surface area contributed by atoms with Crippen LogP contribution in [0, 0.1) is 6.92 Å². The van der Waals surface area contributed by atoms with Crippen molar-refractivity contribution in [3.05, 3.63) is 71.5 Å². The summed E-state index contributed by atoms with van der Waals surface area (Å²) in [5, 5.41) is 9.27. The Morgan fingerprint density at radius 3 is 2.43 bits per heavy atom. The lowest BCUT2D eigenvalue weighted by molar-refractivity contribution is 0.100. The molecule has 0 radical (unpaired) electrons. The van der Waals surface area contributed by atoms with Crippen molar-refractivity contribution in [2.24, 2.45) is 5.73 Å². The van der Waals surface area contributed by atoms with Crippen LogP contribution in [0.5, 0.6) is 0 Å². The number of aryl methyl sites for hydroxylation is 1. The van der Waals surface area contributed by atoms with E-state index >= 15 is 0 Å². The number of aromatic nitrogens is 3. The summed E-state index contributed by atoms with van der Waals surface area (Å²) in [6, 6.07) is 17.3. The second kappa shape index (κ2) is 6.66. The number of nitrogens with two attached hydrogens (primary N) is 1. The fourth-order valence-electron chi connectivity index (χ4n) is 2.22. The molecular weight excluding hydrogens is 308 g/mol. The van der Waals surface area contributed by atoms with E-state index in [1.807, 2.05) is 54.0 Å². The van der Waals surface area contributed by atoms with Crippen molar-refractivity contribution >= 4 is 17.7 Å². The summed E-state index contributed by atoms with van der Waals surface area (Å²) in [5.74, 6) is 1.18. The van der Waals surface area contributed by atoms with Gasteiger partial charge in [0, 0.05) is 17.0 Å². The first-order valence-electron chi connectivity index (χ1n) is 7.14. The van der Waals surface area contributed by atoms with Crippen molar-refractivity contribution < 1.29 is 4.79 Å². The van der Waals surface area contributed by atoms with Gasteiger partial charge in [0.05, 0.1) is 0 Å². The van der Waals surface area contributed by atoms with E-state index in [0.717, 1.165) is 28.0 Å². The second-order valence-corrected chi connectivity index (χ2v) is 5.99. The fraction of sp³-hybridized carbons (Fsp3) is 0.118. The molecule has 0 fully saturated rings. The molecule has 0 aliphatic rings. The predicted octanol–water partition coefficient (Wildman–Crippen LogP) is 2.97. The highest BCUT2D eigenvalue weighted by Crippen LogP contribution is 2.25. The van der Waals surface area contributed by atoms with Crippen molar-refractivity contribution in [1.82, 2.24) is 14.8 Å². The van der Waals surface area contributed by atoms with E-state index in [0.29, 0.717) is 5.56 Å². The molecule has 0 aliphatic carbocycles. The maximum Gasteiger partial charge on any atom is 0.248 e. The molecule has 0 atom stereocenters. The van der Waals surface area contributed by atoms with Crippen LogP contribution in [-0.4, -0.2) is 20.7 Å². The van der Waals surface area contributed by atoms with Gasteiger partial charge >= 0.3 is 0 Å².